The van der Waals surface area contributed by atoms with Crippen LogP contribution in [0.15, 0.2) is 0 Å². The number of carbonyl (C=O) groups is 1. The van der Waals surface area contributed by atoms with Gasteiger partial charge in [0.25, 0.3) is 0 Å². The quantitative estimate of drug-likeness (QED) is 0.502. The predicted octanol–water partition coefficient (Wildman–Crippen LogP) is 2.47. The van der Waals surface area contributed by atoms with Crippen molar-refractivity contribution in [3.63, 3.8) is 0 Å². The Labute approximate surface area is 117 Å². The number of rotatable bonds is 8. The molecule has 0 saturated carbocycles. The summed E-state index contributed by atoms with van der Waals surface area (Å²) in [6.45, 7) is 7.96. The smallest absolute Gasteiger partial charge is 0.305 e. The minimum atomic E-state index is -0.0613. The molecule has 4 nitrogen and oxygen atoms in total. The fourth-order valence-electron chi connectivity index (χ4n) is 2.62. The Kier molecular flexibility index (Phi) is 8.07. The maximum atomic E-state index is 11.2. The molecule has 0 aromatic heterocycles. The maximum absolute atomic E-state index is 11.2. The number of piperidine rings is 1. The molecular weight excluding hydrogens is 242 g/mol. The molecule has 1 saturated heterocycles. The molecule has 0 aliphatic carbocycles. The summed E-state index contributed by atoms with van der Waals surface area (Å²) >= 11 is 0. The minimum absolute atomic E-state index is 0.0613. The zero-order chi connectivity index (χ0) is 14.1. The molecule has 0 amide bonds. The van der Waals surface area contributed by atoms with Gasteiger partial charge in [-0.05, 0) is 45.2 Å². The molecule has 0 N–H and O–H groups in total. The number of unbranched alkanes of at least 4 members (excludes halogenated alkanes) is 2. The molecular formula is C15H29NO3. The number of carbonyl (C=O) groups excluding carboxylic acids is 1. The number of hydrogen-bond acceptors (Lipinski definition) is 4. The van der Waals surface area contributed by atoms with Crippen molar-refractivity contribution < 1.29 is 14.3 Å². The molecule has 0 aromatic rings. The van der Waals surface area contributed by atoms with Gasteiger partial charge in [-0.15, -0.1) is 0 Å². The van der Waals surface area contributed by atoms with E-state index in [-0.39, 0.29) is 5.97 Å². The molecule has 1 heterocycles. The van der Waals surface area contributed by atoms with E-state index in [1.165, 1.54) is 13.0 Å². The Morgan fingerprint density at radius 3 is 2.79 bits per heavy atom. The molecule has 2 atom stereocenters. The predicted molar refractivity (Wildman–Crippen MR) is 76.1 cm³/mol. The monoisotopic (exact) mass is 271 g/mol. The molecule has 0 radical (unpaired) electrons. The van der Waals surface area contributed by atoms with Crippen LogP contribution in [0.4, 0.5) is 0 Å². The molecule has 19 heavy (non-hydrogen) atoms. The van der Waals surface area contributed by atoms with Gasteiger partial charge in [-0.3, -0.25) is 4.79 Å². The number of esters is 1. The van der Waals surface area contributed by atoms with E-state index in [0.29, 0.717) is 25.0 Å². The van der Waals surface area contributed by atoms with E-state index in [4.69, 9.17) is 9.47 Å². The van der Waals surface area contributed by atoms with Crippen LogP contribution in [0.3, 0.4) is 0 Å². The molecule has 1 aliphatic heterocycles. The van der Waals surface area contributed by atoms with E-state index in [1.54, 1.807) is 0 Å². The van der Waals surface area contributed by atoms with Crippen LogP contribution < -0.4 is 0 Å². The lowest BCUT2D eigenvalue weighted by Gasteiger charge is -2.36. The van der Waals surface area contributed by atoms with Crippen LogP contribution >= 0.6 is 0 Å². The van der Waals surface area contributed by atoms with Crippen LogP contribution in [0.25, 0.3) is 0 Å². The van der Waals surface area contributed by atoms with Crippen molar-refractivity contribution in [2.45, 2.75) is 52.1 Å². The summed E-state index contributed by atoms with van der Waals surface area (Å²) in [6.07, 6.45) is 5.37. The second kappa shape index (κ2) is 9.32. The van der Waals surface area contributed by atoms with Gasteiger partial charge in [0.1, 0.15) is 0 Å². The normalized spacial score (nSPS) is 24.4. The van der Waals surface area contributed by atoms with Crippen molar-refractivity contribution in [2.75, 3.05) is 33.4 Å². The summed E-state index contributed by atoms with van der Waals surface area (Å²) in [5, 5.41) is 0. The van der Waals surface area contributed by atoms with Crippen molar-refractivity contribution in [1.29, 1.82) is 0 Å². The van der Waals surface area contributed by atoms with Crippen molar-refractivity contribution in [1.82, 2.24) is 4.90 Å². The first-order valence-electron chi connectivity index (χ1n) is 7.58. The molecule has 1 aliphatic rings. The van der Waals surface area contributed by atoms with E-state index in [0.717, 1.165) is 32.4 Å². The number of methoxy groups -OCH3 is 1. The lowest BCUT2D eigenvalue weighted by atomic mass is 9.95. The van der Waals surface area contributed by atoms with Crippen LogP contribution in [-0.4, -0.2) is 50.3 Å². The van der Waals surface area contributed by atoms with Gasteiger partial charge in [0.05, 0.1) is 12.7 Å². The molecule has 1 fully saturated rings. The van der Waals surface area contributed by atoms with Crippen molar-refractivity contribution in [3.8, 4) is 0 Å². The van der Waals surface area contributed by atoms with E-state index >= 15 is 0 Å². The zero-order valence-corrected chi connectivity index (χ0v) is 12.7. The van der Waals surface area contributed by atoms with Crippen molar-refractivity contribution in [2.24, 2.45) is 5.92 Å². The highest BCUT2D eigenvalue weighted by Crippen LogP contribution is 2.19. The number of hydrogen-bond donors (Lipinski definition) is 0. The second-order valence-electron chi connectivity index (χ2n) is 5.46. The topological polar surface area (TPSA) is 38.8 Å². The van der Waals surface area contributed by atoms with E-state index in [2.05, 4.69) is 11.8 Å². The summed E-state index contributed by atoms with van der Waals surface area (Å²) in [5.41, 5.74) is 0. The van der Waals surface area contributed by atoms with Crippen LogP contribution in [-0.2, 0) is 14.3 Å². The first-order chi connectivity index (χ1) is 9.17. The van der Waals surface area contributed by atoms with Crippen LogP contribution in [0.2, 0.25) is 0 Å². The summed E-state index contributed by atoms with van der Waals surface area (Å²) in [4.78, 5) is 13.7. The Bertz CT molecular complexity index is 258. The largest absolute Gasteiger partial charge is 0.466 e. The number of nitrogens with zero attached hydrogens (tertiary/aromatic N) is 1. The van der Waals surface area contributed by atoms with Gasteiger partial charge in [0, 0.05) is 20.1 Å². The Balaban J connectivity index is 2.05. The summed E-state index contributed by atoms with van der Waals surface area (Å²) in [7, 11) is 1.81. The van der Waals surface area contributed by atoms with Gasteiger partial charge < -0.3 is 14.4 Å². The highest BCUT2D eigenvalue weighted by atomic mass is 16.5. The van der Waals surface area contributed by atoms with Gasteiger partial charge in [0.2, 0.25) is 0 Å². The summed E-state index contributed by atoms with van der Waals surface area (Å²) in [6, 6.07) is 0. The summed E-state index contributed by atoms with van der Waals surface area (Å²) in [5.74, 6) is 0.610. The van der Waals surface area contributed by atoms with E-state index in [1.807, 2.05) is 14.0 Å². The average Bonchev–Trinajstić information content (AvgIpc) is 2.40. The van der Waals surface area contributed by atoms with Crippen molar-refractivity contribution >= 4 is 5.97 Å². The Hall–Kier alpha value is -0.610. The van der Waals surface area contributed by atoms with Gasteiger partial charge in [-0.2, -0.15) is 0 Å². The third-order valence-electron chi connectivity index (χ3n) is 3.94. The molecule has 1 rings (SSSR count). The van der Waals surface area contributed by atoms with Crippen LogP contribution in [0.1, 0.15) is 46.0 Å². The Morgan fingerprint density at radius 1 is 1.32 bits per heavy atom. The molecule has 0 bridgehead atoms. The van der Waals surface area contributed by atoms with E-state index < -0.39 is 0 Å². The number of ether oxygens (including phenoxy) is 2. The summed E-state index contributed by atoms with van der Waals surface area (Å²) < 4.78 is 10.4. The second-order valence-corrected chi connectivity index (χ2v) is 5.46. The lowest BCUT2D eigenvalue weighted by molar-refractivity contribution is -0.143. The highest BCUT2D eigenvalue weighted by Gasteiger charge is 2.25. The third kappa shape index (κ3) is 6.39. The average molecular weight is 271 g/mol. The van der Waals surface area contributed by atoms with Crippen molar-refractivity contribution in [3.05, 3.63) is 0 Å². The molecule has 0 aromatic carbocycles. The van der Waals surface area contributed by atoms with Gasteiger partial charge in [-0.25, -0.2) is 0 Å². The first kappa shape index (κ1) is 16.4. The highest BCUT2D eigenvalue weighted by molar-refractivity contribution is 5.69. The maximum Gasteiger partial charge on any atom is 0.305 e. The van der Waals surface area contributed by atoms with Crippen LogP contribution in [0.5, 0.6) is 0 Å². The lowest BCUT2D eigenvalue weighted by Crippen LogP contribution is -2.44. The zero-order valence-electron chi connectivity index (χ0n) is 12.7. The molecule has 4 heteroatoms. The van der Waals surface area contributed by atoms with Gasteiger partial charge in [0.15, 0.2) is 0 Å². The van der Waals surface area contributed by atoms with Gasteiger partial charge >= 0.3 is 5.97 Å². The fourth-order valence-corrected chi connectivity index (χ4v) is 2.62. The van der Waals surface area contributed by atoms with Gasteiger partial charge in [-0.1, -0.05) is 13.3 Å². The van der Waals surface area contributed by atoms with Crippen LogP contribution in [0, 0.1) is 5.92 Å². The Morgan fingerprint density at radius 2 is 2.11 bits per heavy atom. The molecule has 0 spiro atoms. The molecule has 0 unspecified atom stereocenters. The SMILES string of the molecule is CCOC(=O)CCCCCN1CC[C@@H](C)[C@@H](OC)C1. The number of likely N-dealkylation sites (tertiary alicyclic amines) is 1. The van der Waals surface area contributed by atoms with E-state index in [9.17, 15) is 4.79 Å². The third-order valence-corrected chi connectivity index (χ3v) is 3.94. The standard InChI is InChI=1S/C15H29NO3/c1-4-19-15(17)8-6-5-7-10-16-11-9-13(2)14(12-16)18-3/h13-14H,4-12H2,1-3H3/t13-,14+/m1/s1. The minimum Gasteiger partial charge on any atom is -0.466 e. The fraction of sp³-hybridized carbons (Fsp3) is 0.933. The molecule has 112 valence electrons. The first-order valence-corrected chi connectivity index (χ1v) is 7.58.